The van der Waals surface area contributed by atoms with Crippen molar-refractivity contribution in [2.75, 3.05) is 0 Å². The van der Waals surface area contributed by atoms with Gasteiger partial charge in [-0.05, 0) is 42.7 Å². The molecule has 0 atom stereocenters. The number of hydrogen-bond donors (Lipinski definition) is 1. The van der Waals surface area contributed by atoms with Gasteiger partial charge in [0.05, 0.1) is 12.6 Å². The minimum Gasteiger partial charge on any atom is -0.342 e. The molecule has 0 aliphatic rings. The molecule has 4 nitrogen and oxygen atoms in total. The van der Waals surface area contributed by atoms with E-state index in [-0.39, 0.29) is 5.91 Å². The zero-order valence-corrected chi connectivity index (χ0v) is 18.4. The Morgan fingerprint density at radius 2 is 1.81 bits per heavy atom. The molecule has 31 heavy (non-hydrogen) atoms. The minimum atomic E-state index is -0.136. The van der Waals surface area contributed by atoms with Gasteiger partial charge in [0.1, 0.15) is 0 Å². The minimum absolute atomic E-state index is 0.136. The zero-order valence-electron chi connectivity index (χ0n) is 17.6. The van der Waals surface area contributed by atoms with Gasteiger partial charge in [-0.1, -0.05) is 71.8 Å². The lowest BCUT2D eigenvalue weighted by Crippen LogP contribution is -2.20. The van der Waals surface area contributed by atoms with Gasteiger partial charge in [-0.25, -0.2) is 5.43 Å². The standard InChI is InChI=1S/C26H24ClN3O/c1-18-11-12-20(19(2)13-18)14-26(31)29-28-15-22-17-30(25-10-6-4-8-23(22)25)16-21-7-3-5-9-24(21)27/h3-13,15,17H,14,16H2,1-2H3,(H,29,31)/b28-15-. The molecule has 0 fully saturated rings. The van der Waals surface area contributed by atoms with E-state index in [0.717, 1.165) is 38.2 Å². The Morgan fingerprint density at radius 3 is 2.61 bits per heavy atom. The first-order valence-electron chi connectivity index (χ1n) is 10.2. The lowest BCUT2D eigenvalue weighted by Gasteiger charge is -2.07. The summed E-state index contributed by atoms with van der Waals surface area (Å²) in [5.41, 5.74) is 9.04. The van der Waals surface area contributed by atoms with Gasteiger partial charge in [0, 0.05) is 34.2 Å². The number of aromatic nitrogens is 1. The fourth-order valence-electron chi connectivity index (χ4n) is 3.75. The fraction of sp³-hybridized carbons (Fsp3) is 0.154. The Hall–Kier alpha value is -3.37. The number of benzene rings is 3. The highest BCUT2D eigenvalue weighted by atomic mass is 35.5. The Bertz CT molecular complexity index is 1270. The molecule has 1 amide bonds. The normalized spacial score (nSPS) is 11.3. The quantitative estimate of drug-likeness (QED) is 0.312. The van der Waals surface area contributed by atoms with E-state index in [0.29, 0.717) is 13.0 Å². The predicted molar refractivity (Wildman–Crippen MR) is 128 cm³/mol. The fourth-order valence-corrected chi connectivity index (χ4v) is 3.94. The molecule has 0 saturated carbocycles. The van der Waals surface area contributed by atoms with Crippen LogP contribution in [0.4, 0.5) is 0 Å². The lowest BCUT2D eigenvalue weighted by molar-refractivity contribution is -0.120. The number of nitrogens with zero attached hydrogens (tertiary/aromatic N) is 2. The van der Waals surface area contributed by atoms with Crippen LogP contribution in [0.15, 0.2) is 78.0 Å². The molecule has 5 heteroatoms. The number of carbonyl (C=O) groups excluding carboxylic acids is 1. The first-order valence-corrected chi connectivity index (χ1v) is 10.6. The van der Waals surface area contributed by atoms with E-state index in [1.165, 1.54) is 5.56 Å². The van der Waals surface area contributed by atoms with E-state index in [1.807, 2.05) is 68.6 Å². The molecule has 0 spiro atoms. The molecule has 156 valence electrons. The molecule has 1 N–H and O–H groups in total. The van der Waals surface area contributed by atoms with E-state index in [2.05, 4.69) is 33.3 Å². The van der Waals surface area contributed by atoms with Crippen molar-refractivity contribution in [3.8, 4) is 0 Å². The highest BCUT2D eigenvalue weighted by molar-refractivity contribution is 6.31. The molecule has 1 heterocycles. The summed E-state index contributed by atoms with van der Waals surface area (Å²) in [5, 5.41) is 6.02. The predicted octanol–water partition coefficient (Wildman–Crippen LogP) is 5.65. The average Bonchev–Trinajstić information content (AvgIpc) is 3.09. The number of para-hydroxylation sites is 1. The first-order chi connectivity index (χ1) is 15.0. The summed E-state index contributed by atoms with van der Waals surface area (Å²) in [4.78, 5) is 12.3. The molecule has 1 aromatic heterocycles. The van der Waals surface area contributed by atoms with Crippen LogP contribution >= 0.6 is 11.6 Å². The topological polar surface area (TPSA) is 46.4 Å². The van der Waals surface area contributed by atoms with E-state index in [9.17, 15) is 4.79 Å². The number of amides is 1. The number of fused-ring (bicyclic) bond motifs is 1. The third-order valence-corrected chi connectivity index (χ3v) is 5.73. The van der Waals surface area contributed by atoms with Crippen LogP contribution in [0.25, 0.3) is 10.9 Å². The van der Waals surface area contributed by atoms with Gasteiger partial charge >= 0.3 is 0 Å². The summed E-state index contributed by atoms with van der Waals surface area (Å²) in [7, 11) is 0. The highest BCUT2D eigenvalue weighted by Crippen LogP contribution is 2.23. The monoisotopic (exact) mass is 429 g/mol. The molecule has 3 aromatic carbocycles. The number of nitrogens with one attached hydrogen (secondary N) is 1. The molecular formula is C26H24ClN3O. The highest BCUT2D eigenvalue weighted by Gasteiger charge is 2.09. The largest absolute Gasteiger partial charge is 0.342 e. The van der Waals surface area contributed by atoms with Gasteiger partial charge in [0.15, 0.2) is 0 Å². The second-order valence-electron chi connectivity index (χ2n) is 7.72. The molecule has 4 rings (SSSR count). The Kier molecular flexibility index (Phi) is 6.19. The number of aryl methyl sites for hydroxylation is 2. The van der Waals surface area contributed by atoms with Gasteiger partial charge in [0.2, 0.25) is 5.91 Å². The SMILES string of the molecule is Cc1ccc(CC(=O)N/N=C\c2cn(Cc3ccccc3Cl)c3ccccc23)c(C)c1. The zero-order chi connectivity index (χ0) is 21.8. The number of hydrogen-bond acceptors (Lipinski definition) is 2. The summed E-state index contributed by atoms with van der Waals surface area (Å²) in [6.07, 6.45) is 4.04. The van der Waals surface area contributed by atoms with E-state index >= 15 is 0 Å². The second kappa shape index (κ2) is 9.19. The van der Waals surface area contributed by atoms with Gasteiger partial charge < -0.3 is 4.57 Å². The third-order valence-electron chi connectivity index (χ3n) is 5.36. The number of halogens is 1. The van der Waals surface area contributed by atoms with Crippen LogP contribution in [0.3, 0.4) is 0 Å². The van der Waals surface area contributed by atoms with Gasteiger partial charge in [-0.15, -0.1) is 0 Å². The van der Waals surface area contributed by atoms with Crippen LogP contribution in [0.2, 0.25) is 5.02 Å². The van der Waals surface area contributed by atoms with Crippen molar-refractivity contribution in [1.29, 1.82) is 0 Å². The summed E-state index contributed by atoms with van der Waals surface area (Å²) in [6, 6.07) is 22.1. The summed E-state index contributed by atoms with van der Waals surface area (Å²) in [5.74, 6) is -0.136. The van der Waals surface area contributed by atoms with Crippen LogP contribution in [-0.2, 0) is 17.8 Å². The van der Waals surface area contributed by atoms with E-state index in [4.69, 9.17) is 11.6 Å². The Labute approximate surface area is 187 Å². The molecular weight excluding hydrogens is 406 g/mol. The average molecular weight is 430 g/mol. The Morgan fingerprint density at radius 1 is 1.03 bits per heavy atom. The smallest absolute Gasteiger partial charge is 0.244 e. The van der Waals surface area contributed by atoms with Crippen molar-refractivity contribution >= 4 is 34.6 Å². The second-order valence-corrected chi connectivity index (χ2v) is 8.13. The first kappa shape index (κ1) is 20.9. The molecule has 0 bridgehead atoms. The van der Waals surface area contributed by atoms with Crippen molar-refractivity contribution in [3.05, 3.63) is 106 Å². The van der Waals surface area contributed by atoms with Crippen LogP contribution in [0, 0.1) is 13.8 Å². The molecule has 0 aliphatic heterocycles. The van der Waals surface area contributed by atoms with Crippen molar-refractivity contribution in [2.45, 2.75) is 26.8 Å². The third kappa shape index (κ3) is 4.86. The van der Waals surface area contributed by atoms with Gasteiger partial charge in [-0.3, -0.25) is 4.79 Å². The van der Waals surface area contributed by atoms with Gasteiger partial charge in [0.25, 0.3) is 0 Å². The van der Waals surface area contributed by atoms with Gasteiger partial charge in [-0.2, -0.15) is 5.10 Å². The number of rotatable bonds is 6. The van der Waals surface area contributed by atoms with Crippen LogP contribution < -0.4 is 5.43 Å². The lowest BCUT2D eigenvalue weighted by atomic mass is 10.0. The molecule has 0 aliphatic carbocycles. The molecule has 0 saturated heterocycles. The maximum atomic E-state index is 12.3. The summed E-state index contributed by atoms with van der Waals surface area (Å²) >= 11 is 6.35. The van der Waals surface area contributed by atoms with E-state index in [1.54, 1.807) is 6.21 Å². The van der Waals surface area contributed by atoms with E-state index < -0.39 is 0 Å². The van der Waals surface area contributed by atoms with Crippen molar-refractivity contribution in [2.24, 2.45) is 5.10 Å². The molecule has 0 unspecified atom stereocenters. The summed E-state index contributed by atoms with van der Waals surface area (Å²) in [6.45, 7) is 4.73. The maximum absolute atomic E-state index is 12.3. The number of hydrazone groups is 1. The van der Waals surface area contributed by atoms with Crippen LogP contribution in [0.1, 0.15) is 27.8 Å². The van der Waals surface area contributed by atoms with Crippen molar-refractivity contribution in [3.63, 3.8) is 0 Å². The maximum Gasteiger partial charge on any atom is 0.244 e. The Balaban J connectivity index is 1.51. The molecule has 0 radical (unpaired) electrons. The van der Waals surface area contributed by atoms with Crippen LogP contribution in [-0.4, -0.2) is 16.7 Å². The molecule has 4 aromatic rings. The summed E-state index contributed by atoms with van der Waals surface area (Å²) < 4.78 is 2.15. The van der Waals surface area contributed by atoms with Crippen molar-refractivity contribution < 1.29 is 4.79 Å². The number of carbonyl (C=O) groups is 1. The van der Waals surface area contributed by atoms with Crippen molar-refractivity contribution in [1.82, 2.24) is 9.99 Å². The van der Waals surface area contributed by atoms with Crippen LogP contribution in [0.5, 0.6) is 0 Å².